The molecule has 1 saturated heterocycles. The zero-order valence-corrected chi connectivity index (χ0v) is 13.4. The highest BCUT2D eigenvalue weighted by Crippen LogP contribution is 2.28. The Kier molecular flexibility index (Phi) is 5.41. The van der Waals surface area contributed by atoms with Crippen LogP contribution in [0.15, 0.2) is 18.3 Å². The van der Waals surface area contributed by atoms with Crippen LogP contribution in [-0.4, -0.2) is 24.1 Å². The van der Waals surface area contributed by atoms with E-state index in [0.29, 0.717) is 17.9 Å². The van der Waals surface area contributed by atoms with E-state index in [-0.39, 0.29) is 0 Å². The maximum atomic E-state index is 4.68. The van der Waals surface area contributed by atoms with Crippen molar-refractivity contribution in [1.82, 2.24) is 10.3 Å². The van der Waals surface area contributed by atoms with E-state index in [0.717, 1.165) is 25.5 Å². The standard InChI is InChI=1S/C17H29N3/c1-13(2)10-18-11-15-7-8-17(19-12-15)20-9-5-6-16(20)14(3)4/h7-8,12-14,16,18H,5-6,9-11H2,1-4H3. The van der Waals surface area contributed by atoms with Crippen LogP contribution in [0.25, 0.3) is 0 Å². The second-order valence-electron chi connectivity index (χ2n) is 6.70. The second-order valence-corrected chi connectivity index (χ2v) is 6.70. The molecule has 0 aromatic carbocycles. The third-order valence-corrected chi connectivity index (χ3v) is 4.05. The molecular formula is C17H29N3. The molecule has 1 N–H and O–H groups in total. The molecule has 1 aromatic heterocycles. The summed E-state index contributed by atoms with van der Waals surface area (Å²) in [5, 5.41) is 3.46. The Morgan fingerprint density at radius 3 is 2.70 bits per heavy atom. The Balaban J connectivity index is 1.94. The van der Waals surface area contributed by atoms with Crippen molar-refractivity contribution in [3.63, 3.8) is 0 Å². The summed E-state index contributed by atoms with van der Waals surface area (Å²) in [7, 11) is 0. The Labute approximate surface area is 123 Å². The summed E-state index contributed by atoms with van der Waals surface area (Å²) in [5.74, 6) is 2.54. The third kappa shape index (κ3) is 3.95. The van der Waals surface area contributed by atoms with E-state index in [1.54, 1.807) is 0 Å². The van der Waals surface area contributed by atoms with Crippen LogP contribution in [0.4, 0.5) is 5.82 Å². The minimum atomic E-state index is 0.660. The molecule has 112 valence electrons. The number of rotatable bonds is 6. The molecule has 0 aliphatic carbocycles. The summed E-state index contributed by atoms with van der Waals surface area (Å²) in [5.41, 5.74) is 1.27. The minimum absolute atomic E-state index is 0.660. The molecule has 1 aromatic rings. The molecule has 1 aliphatic rings. The minimum Gasteiger partial charge on any atom is -0.353 e. The van der Waals surface area contributed by atoms with Gasteiger partial charge in [0, 0.05) is 25.3 Å². The van der Waals surface area contributed by atoms with Crippen LogP contribution in [0.3, 0.4) is 0 Å². The van der Waals surface area contributed by atoms with Gasteiger partial charge in [0.05, 0.1) is 0 Å². The summed E-state index contributed by atoms with van der Waals surface area (Å²) in [6, 6.07) is 5.06. The predicted molar refractivity (Wildman–Crippen MR) is 86.0 cm³/mol. The number of hydrogen-bond donors (Lipinski definition) is 1. The van der Waals surface area contributed by atoms with E-state index in [9.17, 15) is 0 Å². The lowest BCUT2D eigenvalue weighted by Crippen LogP contribution is -2.33. The SMILES string of the molecule is CC(C)CNCc1ccc(N2CCCC2C(C)C)nc1. The molecule has 0 spiro atoms. The van der Waals surface area contributed by atoms with Gasteiger partial charge in [0.1, 0.15) is 5.82 Å². The summed E-state index contributed by atoms with van der Waals surface area (Å²) in [6.07, 6.45) is 4.62. The highest BCUT2D eigenvalue weighted by Gasteiger charge is 2.27. The van der Waals surface area contributed by atoms with Gasteiger partial charge in [-0.2, -0.15) is 0 Å². The average Bonchev–Trinajstić information content (AvgIpc) is 2.88. The smallest absolute Gasteiger partial charge is 0.128 e. The van der Waals surface area contributed by atoms with Crippen molar-refractivity contribution < 1.29 is 0 Å². The van der Waals surface area contributed by atoms with Gasteiger partial charge in [-0.05, 0) is 42.9 Å². The lowest BCUT2D eigenvalue weighted by atomic mass is 10.0. The quantitative estimate of drug-likeness (QED) is 0.862. The van der Waals surface area contributed by atoms with Gasteiger partial charge in [0.2, 0.25) is 0 Å². The van der Waals surface area contributed by atoms with E-state index < -0.39 is 0 Å². The fraction of sp³-hybridized carbons (Fsp3) is 0.706. The van der Waals surface area contributed by atoms with E-state index in [1.807, 2.05) is 6.20 Å². The monoisotopic (exact) mass is 275 g/mol. The molecule has 1 unspecified atom stereocenters. The number of aromatic nitrogens is 1. The first-order valence-electron chi connectivity index (χ1n) is 8.00. The van der Waals surface area contributed by atoms with E-state index in [2.05, 4.69) is 55.0 Å². The van der Waals surface area contributed by atoms with Gasteiger partial charge in [-0.1, -0.05) is 33.8 Å². The first kappa shape index (κ1) is 15.3. The number of nitrogens with zero attached hydrogens (tertiary/aromatic N) is 2. The third-order valence-electron chi connectivity index (χ3n) is 4.05. The highest BCUT2D eigenvalue weighted by atomic mass is 15.2. The van der Waals surface area contributed by atoms with Gasteiger partial charge < -0.3 is 10.2 Å². The van der Waals surface area contributed by atoms with Crippen molar-refractivity contribution in [1.29, 1.82) is 0 Å². The van der Waals surface area contributed by atoms with E-state index >= 15 is 0 Å². The Bertz CT molecular complexity index is 397. The van der Waals surface area contributed by atoms with Crippen LogP contribution in [0.5, 0.6) is 0 Å². The van der Waals surface area contributed by atoms with Gasteiger partial charge in [-0.15, -0.1) is 0 Å². The molecule has 0 saturated carbocycles. The molecule has 2 rings (SSSR count). The van der Waals surface area contributed by atoms with E-state index in [1.165, 1.54) is 18.4 Å². The summed E-state index contributed by atoms with van der Waals surface area (Å²) in [6.45, 7) is 12.2. The average molecular weight is 275 g/mol. The van der Waals surface area contributed by atoms with Crippen molar-refractivity contribution >= 4 is 5.82 Å². The molecule has 3 heteroatoms. The zero-order chi connectivity index (χ0) is 14.5. The molecule has 0 radical (unpaired) electrons. The molecular weight excluding hydrogens is 246 g/mol. The van der Waals surface area contributed by atoms with Crippen molar-refractivity contribution in [2.24, 2.45) is 11.8 Å². The van der Waals surface area contributed by atoms with Crippen molar-refractivity contribution in [2.45, 2.75) is 53.1 Å². The predicted octanol–water partition coefficient (Wildman–Crippen LogP) is 3.45. The molecule has 2 heterocycles. The number of pyridine rings is 1. The van der Waals surface area contributed by atoms with Crippen molar-refractivity contribution in [3.05, 3.63) is 23.9 Å². The maximum Gasteiger partial charge on any atom is 0.128 e. The largest absolute Gasteiger partial charge is 0.353 e. The lowest BCUT2D eigenvalue weighted by molar-refractivity contribution is 0.489. The normalized spacial score (nSPS) is 19.3. The van der Waals surface area contributed by atoms with Crippen LogP contribution < -0.4 is 10.2 Å². The number of nitrogens with one attached hydrogen (secondary N) is 1. The molecule has 1 aliphatic heterocycles. The molecule has 3 nitrogen and oxygen atoms in total. The van der Waals surface area contributed by atoms with Crippen LogP contribution in [0, 0.1) is 11.8 Å². The Morgan fingerprint density at radius 1 is 1.30 bits per heavy atom. The molecule has 0 amide bonds. The molecule has 1 atom stereocenters. The summed E-state index contributed by atoms with van der Waals surface area (Å²) < 4.78 is 0. The van der Waals surface area contributed by atoms with Crippen molar-refractivity contribution in [3.8, 4) is 0 Å². The van der Waals surface area contributed by atoms with Gasteiger partial charge in [0.25, 0.3) is 0 Å². The topological polar surface area (TPSA) is 28.2 Å². The fourth-order valence-corrected chi connectivity index (χ4v) is 2.97. The molecule has 20 heavy (non-hydrogen) atoms. The van der Waals surface area contributed by atoms with Crippen LogP contribution >= 0.6 is 0 Å². The van der Waals surface area contributed by atoms with Crippen LogP contribution in [0.2, 0.25) is 0 Å². The number of anilines is 1. The maximum absolute atomic E-state index is 4.68. The second kappa shape index (κ2) is 7.07. The van der Waals surface area contributed by atoms with Crippen molar-refractivity contribution in [2.75, 3.05) is 18.0 Å². The zero-order valence-electron chi connectivity index (χ0n) is 13.4. The summed E-state index contributed by atoms with van der Waals surface area (Å²) in [4.78, 5) is 7.16. The highest BCUT2D eigenvalue weighted by molar-refractivity contribution is 5.42. The summed E-state index contributed by atoms with van der Waals surface area (Å²) >= 11 is 0. The Hall–Kier alpha value is -1.09. The van der Waals surface area contributed by atoms with Gasteiger partial charge >= 0.3 is 0 Å². The molecule has 1 fully saturated rings. The lowest BCUT2D eigenvalue weighted by Gasteiger charge is -2.28. The first-order valence-corrected chi connectivity index (χ1v) is 8.00. The Morgan fingerprint density at radius 2 is 2.10 bits per heavy atom. The van der Waals surface area contributed by atoms with Crippen LogP contribution in [0.1, 0.15) is 46.1 Å². The fourth-order valence-electron chi connectivity index (χ4n) is 2.97. The van der Waals surface area contributed by atoms with Gasteiger partial charge in [-0.25, -0.2) is 4.98 Å². The van der Waals surface area contributed by atoms with Gasteiger partial charge in [0.15, 0.2) is 0 Å². The van der Waals surface area contributed by atoms with Gasteiger partial charge in [-0.3, -0.25) is 0 Å². The molecule has 0 bridgehead atoms. The first-order chi connectivity index (χ1) is 9.58. The number of hydrogen-bond acceptors (Lipinski definition) is 3. The van der Waals surface area contributed by atoms with E-state index in [4.69, 9.17) is 0 Å². The van der Waals surface area contributed by atoms with Crippen LogP contribution in [-0.2, 0) is 6.54 Å².